The summed E-state index contributed by atoms with van der Waals surface area (Å²) in [5.41, 5.74) is 0. The molecule has 96 valence electrons. The number of rotatable bonds is 6. The maximum Gasteiger partial charge on any atom is 0.342 e. The van der Waals surface area contributed by atoms with Gasteiger partial charge in [0.15, 0.2) is 6.10 Å². The first kappa shape index (κ1) is 17.3. The van der Waals surface area contributed by atoms with E-state index in [9.17, 15) is 9.59 Å². The molecule has 0 heterocycles. The summed E-state index contributed by atoms with van der Waals surface area (Å²) in [5.74, 6) is -1.69. The predicted molar refractivity (Wildman–Crippen MR) is 56.8 cm³/mol. The second-order valence-electron chi connectivity index (χ2n) is 3.21. The average molecular weight is 236 g/mol. The molecule has 0 aliphatic heterocycles. The van der Waals surface area contributed by atoms with Crippen molar-refractivity contribution in [3.05, 3.63) is 0 Å². The van der Waals surface area contributed by atoms with Gasteiger partial charge < -0.3 is 15.1 Å². The maximum atomic E-state index is 9.96. The van der Waals surface area contributed by atoms with Crippen molar-refractivity contribution >= 4 is 11.9 Å². The molecule has 0 radical (unpaired) electrons. The van der Waals surface area contributed by atoms with Crippen LogP contribution in [0.25, 0.3) is 0 Å². The molecular formula is C10H20O6. The standard InChI is InChI=1S/C6H12O3.C4H8O3/c1-2-3-4-5(7)6(8)9;1-2-3-4(5)7-6/h5,7H,2-4H2,1H3,(H,8,9);6H,2-3H2,1H3. The zero-order valence-electron chi connectivity index (χ0n) is 9.68. The second kappa shape index (κ2) is 11.9. The highest BCUT2D eigenvalue weighted by molar-refractivity contribution is 5.71. The van der Waals surface area contributed by atoms with E-state index < -0.39 is 18.0 Å². The van der Waals surface area contributed by atoms with Gasteiger partial charge in [0.1, 0.15) is 0 Å². The normalized spacial score (nSPS) is 11.0. The number of hydrogen-bond acceptors (Lipinski definition) is 5. The molecule has 1 unspecified atom stereocenters. The van der Waals surface area contributed by atoms with Crippen molar-refractivity contribution in [3.8, 4) is 0 Å². The summed E-state index contributed by atoms with van der Waals surface area (Å²) < 4.78 is 0. The highest BCUT2D eigenvalue weighted by Gasteiger charge is 2.10. The number of carbonyl (C=O) groups is 2. The van der Waals surface area contributed by atoms with E-state index in [-0.39, 0.29) is 6.42 Å². The Bertz CT molecular complexity index is 192. The lowest BCUT2D eigenvalue weighted by atomic mass is 10.2. The van der Waals surface area contributed by atoms with E-state index in [1.165, 1.54) is 0 Å². The molecule has 0 bridgehead atoms. The van der Waals surface area contributed by atoms with Gasteiger partial charge in [-0.05, 0) is 12.8 Å². The molecule has 1 atom stereocenters. The topological polar surface area (TPSA) is 104 Å². The van der Waals surface area contributed by atoms with Gasteiger partial charge in [-0.15, -0.1) is 0 Å². The number of hydrogen-bond donors (Lipinski definition) is 3. The van der Waals surface area contributed by atoms with E-state index in [1.807, 2.05) is 13.8 Å². The van der Waals surface area contributed by atoms with Crippen LogP contribution in [0.3, 0.4) is 0 Å². The van der Waals surface area contributed by atoms with E-state index in [2.05, 4.69) is 4.89 Å². The van der Waals surface area contributed by atoms with Gasteiger partial charge in [-0.1, -0.05) is 26.7 Å². The Labute approximate surface area is 94.8 Å². The monoisotopic (exact) mass is 236 g/mol. The fourth-order valence-electron chi connectivity index (χ4n) is 0.771. The first-order valence-corrected chi connectivity index (χ1v) is 5.24. The van der Waals surface area contributed by atoms with Crippen LogP contribution in [0.2, 0.25) is 0 Å². The van der Waals surface area contributed by atoms with E-state index in [0.717, 1.165) is 12.8 Å². The Morgan fingerprint density at radius 1 is 1.25 bits per heavy atom. The van der Waals surface area contributed by atoms with Crippen LogP contribution in [-0.4, -0.2) is 33.5 Å². The Morgan fingerprint density at radius 3 is 2.06 bits per heavy atom. The van der Waals surface area contributed by atoms with Crippen LogP contribution >= 0.6 is 0 Å². The second-order valence-corrected chi connectivity index (χ2v) is 3.21. The Kier molecular flexibility index (Phi) is 12.9. The first-order chi connectivity index (χ1) is 7.49. The van der Waals surface area contributed by atoms with Crippen molar-refractivity contribution in [2.75, 3.05) is 0 Å². The molecule has 0 aromatic rings. The van der Waals surface area contributed by atoms with Crippen molar-refractivity contribution in [1.82, 2.24) is 0 Å². The molecule has 0 spiro atoms. The van der Waals surface area contributed by atoms with Gasteiger partial charge in [-0.2, -0.15) is 5.26 Å². The van der Waals surface area contributed by atoms with Gasteiger partial charge in [0.2, 0.25) is 0 Å². The predicted octanol–water partition coefficient (Wildman–Crippen LogP) is 1.42. The van der Waals surface area contributed by atoms with Crippen LogP contribution in [0.15, 0.2) is 0 Å². The fraction of sp³-hybridized carbons (Fsp3) is 0.800. The molecule has 0 rings (SSSR count). The van der Waals surface area contributed by atoms with Crippen molar-refractivity contribution in [1.29, 1.82) is 0 Å². The molecule has 16 heavy (non-hydrogen) atoms. The minimum absolute atomic E-state index is 0.288. The molecule has 6 nitrogen and oxygen atoms in total. The van der Waals surface area contributed by atoms with Crippen LogP contribution in [0.5, 0.6) is 0 Å². The lowest BCUT2D eigenvalue weighted by molar-refractivity contribution is -0.234. The lowest BCUT2D eigenvalue weighted by Crippen LogP contribution is -2.18. The third kappa shape index (κ3) is 12.9. The Morgan fingerprint density at radius 2 is 1.81 bits per heavy atom. The third-order valence-electron chi connectivity index (χ3n) is 1.67. The number of aliphatic hydroxyl groups excluding tert-OH is 1. The molecule has 0 saturated heterocycles. The maximum absolute atomic E-state index is 9.96. The zero-order valence-corrected chi connectivity index (χ0v) is 9.68. The van der Waals surface area contributed by atoms with E-state index in [1.54, 1.807) is 0 Å². The van der Waals surface area contributed by atoms with Crippen LogP contribution in [-0.2, 0) is 14.5 Å². The van der Waals surface area contributed by atoms with Crippen LogP contribution in [0.1, 0.15) is 46.0 Å². The molecule has 0 aliphatic rings. The fourth-order valence-corrected chi connectivity index (χ4v) is 0.771. The highest BCUT2D eigenvalue weighted by Crippen LogP contribution is 1.99. The van der Waals surface area contributed by atoms with E-state index in [0.29, 0.717) is 12.8 Å². The molecule has 3 N–H and O–H groups in total. The first-order valence-electron chi connectivity index (χ1n) is 5.24. The van der Waals surface area contributed by atoms with Gasteiger partial charge in [-0.25, -0.2) is 9.59 Å². The number of carboxylic acids is 1. The minimum atomic E-state index is -1.16. The molecule has 0 amide bonds. The summed E-state index contributed by atoms with van der Waals surface area (Å²) in [6, 6.07) is 0. The minimum Gasteiger partial charge on any atom is -0.479 e. The quantitative estimate of drug-likeness (QED) is 0.476. The summed E-state index contributed by atoms with van der Waals surface area (Å²) in [6.07, 6.45) is 1.89. The molecule has 0 saturated carbocycles. The van der Waals surface area contributed by atoms with Crippen LogP contribution in [0.4, 0.5) is 0 Å². The molecule has 6 heteroatoms. The van der Waals surface area contributed by atoms with E-state index in [4.69, 9.17) is 15.5 Å². The summed E-state index contributed by atoms with van der Waals surface area (Å²) in [5, 5.41) is 24.4. The lowest BCUT2D eigenvalue weighted by Gasteiger charge is -2.01. The molecule has 0 fully saturated rings. The Balaban J connectivity index is 0. The van der Waals surface area contributed by atoms with Crippen LogP contribution in [0, 0.1) is 0 Å². The number of carbonyl (C=O) groups excluding carboxylic acids is 1. The molecular weight excluding hydrogens is 216 g/mol. The smallest absolute Gasteiger partial charge is 0.342 e. The van der Waals surface area contributed by atoms with Gasteiger partial charge in [0.25, 0.3) is 0 Å². The van der Waals surface area contributed by atoms with Gasteiger partial charge >= 0.3 is 11.9 Å². The van der Waals surface area contributed by atoms with Gasteiger partial charge in [0, 0.05) is 6.42 Å². The van der Waals surface area contributed by atoms with Gasteiger partial charge in [0.05, 0.1) is 0 Å². The van der Waals surface area contributed by atoms with Crippen molar-refractivity contribution < 1.29 is 29.9 Å². The van der Waals surface area contributed by atoms with Crippen LogP contribution < -0.4 is 0 Å². The Hall–Kier alpha value is -1.14. The molecule has 0 aliphatic carbocycles. The van der Waals surface area contributed by atoms with Crippen molar-refractivity contribution in [2.24, 2.45) is 0 Å². The summed E-state index contributed by atoms with van der Waals surface area (Å²) in [6.45, 7) is 3.78. The number of aliphatic hydroxyl groups is 1. The zero-order chi connectivity index (χ0) is 13.0. The SMILES string of the molecule is CCCC(=O)OO.CCCCC(O)C(=O)O. The number of carboxylic acid groups (broad SMARTS) is 1. The largest absolute Gasteiger partial charge is 0.479 e. The van der Waals surface area contributed by atoms with Crippen molar-refractivity contribution in [3.63, 3.8) is 0 Å². The van der Waals surface area contributed by atoms with Gasteiger partial charge in [-0.3, -0.25) is 0 Å². The third-order valence-corrected chi connectivity index (χ3v) is 1.67. The summed E-state index contributed by atoms with van der Waals surface area (Å²) in [7, 11) is 0. The summed E-state index contributed by atoms with van der Waals surface area (Å²) in [4.78, 5) is 23.2. The molecule has 0 aromatic heterocycles. The summed E-state index contributed by atoms with van der Waals surface area (Å²) >= 11 is 0. The highest BCUT2D eigenvalue weighted by atomic mass is 17.1. The number of unbranched alkanes of at least 4 members (excludes halogenated alkanes) is 1. The average Bonchev–Trinajstić information content (AvgIpc) is 2.26. The van der Waals surface area contributed by atoms with E-state index >= 15 is 0 Å². The van der Waals surface area contributed by atoms with Crippen molar-refractivity contribution in [2.45, 2.75) is 52.1 Å². The number of aliphatic carboxylic acids is 1. The molecule has 0 aromatic carbocycles.